The molecule has 32 heavy (non-hydrogen) atoms. The van der Waals surface area contributed by atoms with Crippen LogP contribution in [0.3, 0.4) is 0 Å². The molecule has 0 aliphatic carbocycles. The second kappa shape index (κ2) is 12.9. The monoisotopic (exact) mass is 444 g/mol. The van der Waals surface area contributed by atoms with Gasteiger partial charge in [-0.25, -0.2) is 9.59 Å². The molecule has 8 nitrogen and oxygen atoms in total. The number of fused-ring (bicyclic) bond motifs is 1. The van der Waals surface area contributed by atoms with E-state index < -0.39 is 12.3 Å². The quantitative estimate of drug-likeness (QED) is 0.255. The maximum atomic E-state index is 11.4. The molecule has 0 N–H and O–H groups in total. The number of hydrogen-bond acceptors (Lipinski definition) is 8. The molecule has 2 aromatic carbocycles. The van der Waals surface area contributed by atoms with Crippen LogP contribution in [0.25, 0.3) is 10.8 Å². The Morgan fingerprint density at radius 1 is 0.750 bits per heavy atom. The first kappa shape index (κ1) is 24.6. The summed E-state index contributed by atoms with van der Waals surface area (Å²) in [5, 5.41) is 1.79. The molecule has 0 aromatic heterocycles. The van der Waals surface area contributed by atoms with Crippen LogP contribution in [0.2, 0.25) is 0 Å². The number of carbonyl (C=O) groups excluding carboxylic acids is 2. The lowest BCUT2D eigenvalue weighted by molar-refractivity contribution is 0.0510. The van der Waals surface area contributed by atoms with Crippen molar-refractivity contribution >= 4 is 23.1 Å². The van der Waals surface area contributed by atoms with E-state index in [1.807, 2.05) is 36.4 Å². The molecular formula is C24H28O8. The Morgan fingerprint density at radius 3 is 1.94 bits per heavy atom. The van der Waals surface area contributed by atoms with Crippen molar-refractivity contribution in [2.45, 2.75) is 13.8 Å². The Bertz CT molecular complexity index is 950. The van der Waals surface area contributed by atoms with E-state index in [0.717, 1.165) is 21.9 Å². The van der Waals surface area contributed by atoms with E-state index in [1.54, 1.807) is 13.8 Å². The average Bonchev–Trinajstić information content (AvgIpc) is 2.76. The van der Waals surface area contributed by atoms with Gasteiger partial charge in [-0.05, 0) is 48.6 Å². The van der Waals surface area contributed by atoms with E-state index >= 15 is 0 Å². The third-order valence-electron chi connectivity index (χ3n) is 3.82. The fourth-order valence-electron chi connectivity index (χ4n) is 2.45. The maximum Gasteiger partial charge on any atom is 0.508 e. The topological polar surface area (TPSA) is 89.5 Å². The second-order valence-corrected chi connectivity index (χ2v) is 7.02. The number of carbonyl (C=O) groups is 2. The third kappa shape index (κ3) is 8.99. The Labute approximate surface area is 187 Å². The summed E-state index contributed by atoms with van der Waals surface area (Å²) in [4.78, 5) is 22.9. The lowest BCUT2D eigenvalue weighted by Gasteiger charge is -2.12. The maximum absolute atomic E-state index is 11.4. The van der Waals surface area contributed by atoms with Gasteiger partial charge in [-0.2, -0.15) is 0 Å². The summed E-state index contributed by atoms with van der Waals surface area (Å²) in [5.41, 5.74) is 1.45. The fourth-order valence-corrected chi connectivity index (χ4v) is 2.45. The minimum atomic E-state index is -0.768. The summed E-state index contributed by atoms with van der Waals surface area (Å²) in [6.45, 7) is 11.4. The predicted octanol–water partition coefficient (Wildman–Crippen LogP) is 5.06. The molecule has 0 fully saturated rings. The Morgan fingerprint density at radius 2 is 1.34 bits per heavy atom. The Hall–Kier alpha value is -3.68. The molecule has 0 radical (unpaired) electrons. The summed E-state index contributed by atoms with van der Waals surface area (Å²) in [6, 6.07) is 11.2. The second-order valence-electron chi connectivity index (χ2n) is 7.02. The SMILES string of the molecule is C=C(C)COC(=O)OCCOc1ccc2cccc(OCCOC(=O)OCC(=C)C)c2c1. The van der Waals surface area contributed by atoms with Gasteiger partial charge in [0.2, 0.25) is 0 Å². The number of benzene rings is 2. The van der Waals surface area contributed by atoms with Crippen LogP contribution in [0.15, 0.2) is 60.7 Å². The van der Waals surface area contributed by atoms with Crippen LogP contribution in [0.1, 0.15) is 13.8 Å². The normalized spacial score (nSPS) is 10.2. The molecule has 0 saturated carbocycles. The van der Waals surface area contributed by atoms with Crippen LogP contribution in [0.4, 0.5) is 9.59 Å². The van der Waals surface area contributed by atoms with Gasteiger partial charge in [0.15, 0.2) is 0 Å². The predicted molar refractivity (Wildman–Crippen MR) is 119 cm³/mol. The number of rotatable bonds is 12. The van der Waals surface area contributed by atoms with E-state index in [-0.39, 0.29) is 39.6 Å². The zero-order valence-corrected chi connectivity index (χ0v) is 18.4. The van der Waals surface area contributed by atoms with Gasteiger partial charge >= 0.3 is 12.3 Å². The van der Waals surface area contributed by atoms with Gasteiger partial charge in [0.05, 0.1) is 0 Å². The van der Waals surface area contributed by atoms with Crippen molar-refractivity contribution in [2.24, 2.45) is 0 Å². The van der Waals surface area contributed by atoms with Crippen LogP contribution in [0, 0.1) is 0 Å². The molecule has 8 heteroatoms. The Kier molecular flexibility index (Phi) is 9.90. The van der Waals surface area contributed by atoms with Crippen LogP contribution in [0.5, 0.6) is 11.5 Å². The van der Waals surface area contributed by atoms with Crippen molar-refractivity contribution in [1.82, 2.24) is 0 Å². The molecule has 0 aliphatic rings. The van der Waals surface area contributed by atoms with Gasteiger partial charge in [-0.1, -0.05) is 31.4 Å². The first-order chi connectivity index (χ1) is 15.3. The summed E-state index contributed by atoms with van der Waals surface area (Å²) in [6.07, 6.45) is -1.53. The fraction of sp³-hybridized carbons (Fsp3) is 0.333. The first-order valence-electron chi connectivity index (χ1n) is 10.0. The van der Waals surface area contributed by atoms with E-state index in [4.69, 9.17) is 28.4 Å². The van der Waals surface area contributed by atoms with E-state index in [9.17, 15) is 9.59 Å². The molecule has 0 atom stereocenters. The van der Waals surface area contributed by atoms with Crippen LogP contribution < -0.4 is 9.47 Å². The third-order valence-corrected chi connectivity index (χ3v) is 3.82. The van der Waals surface area contributed by atoms with Crippen LogP contribution >= 0.6 is 0 Å². The van der Waals surface area contributed by atoms with Crippen molar-refractivity contribution in [3.63, 3.8) is 0 Å². The zero-order chi connectivity index (χ0) is 23.3. The van der Waals surface area contributed by atoms with Gasteiger partial charge < -0.3 is 28.4 Å². The van der Waals surface area contributed by atoms with Crippen molar-refractivity contribution in [3.8, 4) is 11.5 Å². The summed E-state index contributed by atoms with van der Waals surface area (Å²) in [5.74, 6) is 1.21. The molecule has 0 aliphatic heterocycles. The Balaban J connectivity index is 1.82. The molecule has 0 saturated heterocycles. The minimum Gasteiger partial charge on any atom is -0.490 e. The smallest absolute Gasteiger partial charge is 0.490 e. The minimum absolute atomic E-state index is 0.0421. The van der Waals surface area contributed by atoms with E-state index in [1.165, 1.54) is 0 Å². The molecule has 0 unspecified atom stereocenters. The molecule has 2 aromatic rings. The highest BCUT2D eigenvalue weighted by Crippen LogP contribution is 2.29. The summed E-state index contributed by atoms with van der Waals surface area (Å²) in [7, 11) is 0. The molecule has 0 bridgehead atoms. The highest BCUT2D eigenvalue weighted by Gasteiger charge is 2.08. The molecule has 0 spiro atoms. The van der Waals surface area contributed by atoms with Gasteiger partial charge in [-0.15, -0.1) is 0 Å². The summed E-state index contributed by atoms with van der Waals surface area (Å²) < 4.78 is 31.0. The van der Waals surface area contributed by atoms with Gasteiger partial charge in [0, 0.05) is 5.39 Å². The van der Waals surface area contributed by atoms with Gasteiger partial charge in [0.25, 0.3) is 0 Å². The average molecular weight is 444 g/mol. The van der Waals surface area contributed by atoms with Crippen molar-refractivity contribution in [3.05, 3.63) is 60.7 Å². The molecule has 2 rings (SSSR count). The van der Waals surface area contributed by atoms with Crippen molar-refractivity contribution in [2.75, 3.05) is 39.6 Å². The largest absolute Gasteiger partial charge is 0.508 e. The number of ether oxygens (including phenoxy) is 6. The van der Waals surface area contributed by atoms with E-state index in [2.05, 4.69) is 13.2 Å². The van der Waals surface area contributed by atoms with Gasteiger partial charge in [-0.3, -0.25) is 0 Å². The lowest BCUT2D eigenvalue weighted by atomic mass is 10.1. The molecule has 0 heterocycles. The van der Waals surface area contributed by atoms with Crippen molar-refractivity contribution in [1.29, 1.82) is 0 Å². The lowest BCUT2D eigenvalue weighted by Crippen LogP contribution is -2.14. The highest BCUT2D eigenvalue weighted by atomic mass is 16.7. The highest BCUT2D eigenvalue weighted by molar-refractivity contribution is 5.89. The summed E-state index contributed by atoms with van der Waals surface area (Å²) >= 11 is 0. The van der Waals surface area contributed by atoms with Crippen LogP contribution in [-0.2, 0) is 18.9 Å². The van der Waals surface area contributed by atoms with Crippen LogP contribution in [-0.4, -0.2) is 52.0 Å². The van der Waals surface area contributed by atoms with Gasteiger partial charge in [0.1, 0.15) is 51.1 Å². The first-order valence-corrected chi connectivity index (χ1v) is 10.0. The molecular weight excluding hydrogens is 416 g/mol. The van der Waals surface area contributed by atoms with E-state index in [0.29, 0.717) is 11.5 Å². The molecule has 172 valence electrons. The number of hydrogen-bond donors (Lipinski definition) is 0. The van der Waals surface area contributed by atoms with Crippen molar-refractivity contribution < 1.29 is 38.0 Å². The molecule has 0 amide bonds. The standard InChI is InChI=1S/C24H28O8/c1-17(2)15-31-23(25)29-12-10-27-20-9-8-19-6-5-7-22(21(19)14-20)28-11-13-30-24(26)32-16-18(3)4/h5-9,14H,1,3,10-13,15-16H2,2,4H3. The zero-order valence-electron chi connectivity index (χ0n) is 18.4.